The van der Waals surface area contributed by atoms with E-state index in [1.807, 2.05) is 0 Å². The number of thiophene rings is 1. The number of carbonyl (C=O) groups is 2. The van der Waals surface area contributed by atoms with E-state index in [0.717, 1.165) is 11.3 Å². The Bertz CT molecular complexity index is 1390. The minimum absolute atomic E-state index is 0.214. The summed E-state index contributed by atoms with van der Waals surface area (Å²) < 4.78 is 14.7. The van der Waals surface area contributed by atoms with Crippen LogP contribution in [0.1, 0.15) is 25.6 Å². The van der Waals surface area contributed by atoms with Gasteiger partial charge in [0.25, 0.3) is 17.4 Å². The number of nitrogens with one attached hydrogen (secondary N) is 2. The summed E-state index contributed by atoms with van der Waals surface area (Å²) in [5.74, 6) is -1.29. The molecule has 0 fully saturated rings. The molecule has 9 heteroatoms. The van der Waals surface area contributed by atoms with Crippen molar-refractivity contribution in [1.29, 1.82) is 0 Å². The van der Waals surface area contributed by atoms with E-state index in [9.17, 15) is 18.8 Å². The maximum absolute atomic E-state index is 13.3. The van der Waals surface area contributed by atoms with E-state index in [1.54, 1.807) is 38.2 Å². The molecule has 2 amide bonds. The minimum atomic E-state index is -0.457. The lowest BCUT2D eigenvalue weighted by Crippen LogP contribution is -2.17. The molecule has 0 bridgehead atoms. The lowest BCUT2D eigenvalue weighted by atomic mass is 10.1. The maximum Gasteiger partial charge on any atom is 0.266 e. The topological polar surface area (TPSA) is 93.1 Å². The van der Waals surface area contributed by atoms with Crippen LogP contribution in [0, 0.1) is 12.7 Å². The van der Waals surface area contributed by atoms with Gasteiger partial charge in [-0.05, 0) is 48.9 Å². The first-order valence-electron chi connectivity index (χ1n) is 9.26. The van der Waals surface area contributed by atoms with Crippen molar-refractivity contribution in [2.24, 2.45) is 7.05 Å². The molecule has 2 aromatic heterocycles. The largest absolute Gasteiger partial charge is 0.322 e. The highest BCUT2D eigenvalue weighted by atomic mass is 32.1. The predicted octanol–water partition coefficient (Wildman–Crippen LogP) is 3.95. The third-order valence-corrected chi connectivity index (χ3v) is 5.88. The van der Waals surface area contributed by atoms with Crippen LogP contribution in [0.2, 0.25) is 0 Å². The Kier molecular flexibility index (Phi) is 5.35. The first-order chi connectivity index (χ1) is 14.8. The normalized spacial score (nSPS) is 10.8. The average Bonchev–Trinajstić information content (AvgIpc) is 3.08. The Morgan fingerprint density at radius 3 is 2.45 bits per heavy atom. The summed E-state index contributed by atoms with van der Waals surface area (Å²) in [5, 5.41) is 5.79. The Labute approximate surface area is 180 Å². The van der Waals surface area contributed by atoms with Crippen molar-refractivity contribution in [3.63, 3.8) is 0 Å². The zero-order valence-electron chi connectivity index (χ0n) is 16.6. The minimum Gasteiger partial charge on any atom is -0.322 e. The van der Waals surface area contributed by atoms with Crippen molar-refractivity contribution in [1.82, 2.24) is 9.55 Å². The molecule has 156 valence electrons. The zero-order chi connectivity index (χ0) is 22.1. The van der Waals surface area contributed by atoms with Crippen molar-refractivity contribution >= 4 is 44.7 Å². The van der Waals surface area contributed by atoms with Gasteiger partial charge < -0.3 is 15.2 Å². The first kappa shape index (κ1) is 20.4. The van der Waals surface area contributed by atoms with Crippen LogP contribution in [0.25, 0.3) is 10.2 Å². The van der Waals surface area contributed by atoms with E-state index < -0.39 is 17.6 Å². The average molecular weight is 436 g/mol. The van der Waals surface area contributed by atoms with Crippen LogP contribution < -0.4 is 16.2 Å². The highest BCUT2D eigenvalue weighted by Gasteiger charge is 2.19. The SMILES string of the molecule is Cc1c(C(=O)Nc2cccc(C(=O)Nc3cccc(F)c3)c2)sc2ncn(C)c(=O)c12. The number of carbonyl (C=O) groups excluding carboxylic acids is 2. The smallest absolute Gasteiger partial charge is 0.266 e. The fourth-order valence-electron chi connectivity index (χ4n) is 3.12. The third kappa shape index (κ3) is 4.08. The van der Waals surface area contributed by atoms with E-state index in [-0.39, 0.29) is 5.56 Å². The molecule has 0 saturated heterocycles. The van der Waals surface area contributed by atoms with Crippen LogP contribution in [0.15, 0.2) is 59.7 Å². The van der Waals surface area contributed by atoms with Gasteiger partial charge in [-0.15, -0.1) is 11.3 Å². The summed E-state index contributed by atoms with van der Waals surface area (Å²) in [6.45, 7) is 1.71. The summed E-state index contributed by atoms with van der Waals surface area (Å²) in [7, 11) is 1.60. The number of hydrogen-bond acceptors (Lipinski definition) is 5. The molecular weight excluding hydrogens is 419 g/mol. The predicted molar refractivity (Wildman–Crippen MR) is 118 cm³/mol. The highest BCUT2D eigenvalue weighted by Crippen LogP contribution is 2.27. The van der Waals surface area contributed by atoms with Gasteiger partial charge in [-0.25, -0.2) is 9.37 Å². The number of aromatic nitrogens is 2. The summed E-state index contributed by atoms with van der Waals surface area (Å²) in [6.07, 6.45) is 1.42. The van der Waals surface area contributed by atoms with Gasteiger partial charge in [0.15, 0.2) is 0 Å². The summed E-state index contributed by atoms with van der Waals surface area (Å²) >= 11 is 1.14. The first-order valence-corrected chi connectivity index (χ1v) is 10.1. The summed E-state index contributed by atoms with van der Waals surface area (Å²) in [5.41, 5.74) is 1.38. The van der Waals surface area contributed by atoms with Crippen LogP contribution in [0.3, 0.4) is 0 Å². The van der Waals surface area contributed by atoms with Gasteiger partial charge in [-0.3, -0.25) is 14.4 Å². The van der Waals surface area contributed by atoms with E-state index in [4.69, 9.17) is 0 Å². The van der Waals surface area contributed by atoms with E-state index in [2.05, 4.69) is 15.6 Å². The molecule has 0 atom stereocenters. The van der Waals surface area contributed by atoms with Crippen LogP contribution >= 0.6 is 11.3 Å². The number of amides is 2. The summed E-state index contributed by atoms with van der Waals surface area (Å²) in [6, 6.07) is 12.0. The summed E-state index contributed by atoms with van der Waals surface area (Å²) in [4.78, 5) is 42.8. The van der Waals surface area contributed by atoms with Crippen LogP contribution in [0.5, 0.6) is 0 Å². The molecule has 0 aliphatic rings. The quantitative estimate of drug-likeness (QED) is 0.507. The van der Waals surface area contributed by atoms with Crippen molar-refractivity contribution < 1.29 is 14.0 Å². The van der Waals surface area contributed by atoms with E-state index >= 15 is 0 Å². The maximum atomic E-state index is 13.3. The molecule has 2 heterocycles. The second kappa shape index (κ2) is 8.11. The third-order valence-electron chi connectivity index (χ3n) is 4.68. The fraction of sp³-hybridized carbons (Fsp3) is 0.0909. The number of anilines is 2. The van der Waals surface area contributed by atoms with Crippen molar-refractivity contribution in [3.8, 4) is 0 Å². The number of rotatable bonds is 4. The van der Waals surface area contributed by atoms with Crippen LogP contribution in [0.4, 0.5) is 15.8 Å². The zero-order valence-corrected chi connectivity index (χ0v) is 17.4. The molecular formula is C22H17FN4O3S. The fourth-order valence-corrected chi connectivity index (χ4v) is 4.16. The van der Waals surface area contributed by atoms with Gasteiger partial charge in [0.05, 0.1) is 16.6 Å². The van der Waals surface area contributed by atoms with Gasteiger partial charge in [0.2, 0.25) is 0 Å². The molecule has 0 radical (unpaired) electrons. The molecule has 0 aliphatic carbocycles. The molecule has 7 nitrogen and oxygen atoms in total. The van der Waals surface area contributed by atoms with E-state index in [0.29, 0.717) is 37.6 Å². The standard InChI is InChI=1S/C22H17FN4O3S/c1-12-17-21(24-11-27(2)22(17)30)31-18(12)20(29)26-15-7-3-5-13(9-15)19(28)25-16-8-4-6-14(23)10-16/h3-11H,1-2H3,(H,25,28)(H,26,29). The second-order valence-corrected chi connectivity index (χ2v) is 7.90. The van der Waals surface area contributed by atoms with Crippen molar-refractivity contribution in [3.05, 3.63) is 87.0 Å². The Morgan fingerprint density at radius 2 is 1.71 bits per heavy atom. The van der Waals surface area contributed by atoms with Crippen molar-refractivity contribution in [2.45, 2.75) is 6.92 Å². The van der Waals surface area contributed by atoms with Gasteiger partial charge in [0.1, 0.15) is 10.6 Å². The van der Waals surface area contributed by atoms with Gasteiger partial charge >= 0.3 is 0 Å². The number of fused-ring (bicyclic) bond motifs is 1. The second-order valence-electron chi connectivity index (χ2n) is 6.90. The van der Waals surface area contributed by atoms with E-state index in [1.165, 1.54) is 35.2 Å². The Morgan fingerprint density at radius 1 is 1.03 bits per heavy atom. The number of nitrogens with zero attached hydrogens (tertiary/aromatic N) is 2. The lowest BCUT2D eigenvalue weighted by molar-refractivity contribution is 0.101. The lowest BCUT2D eigenvalue weighted by Gasteiger charge is -2.08. The number of hydrogen-bond donors (Lipinski definition) is 2. The molecule has 4 rings (SSSR count). The molecule has 0 saturated carbocycles. The van der Waals surface area contributed by atoms with Gasteiger partial charge in [-0.2, -0.15) is 0 Å². The van der Waals surface area contributed by atoms with Crippen molar-refractivity contribution in [2.75, 3.05) is 10.6 Å². The number of aryl methyl sites for hydroxylation is 2. The van der Waals surface area contributed by atoms with Gasteiger partial charge in [-0.1, -0.05) is 12.1 Å². The molecule has 2 aromatic carbocycles. The Hall–Kier alpha value is -3.85. The number of benzene rings is 2. The van der Waals surface area contributed by atoms with Crippen LogP contribution in [-0.2, 0) is 7.05 Å². The van der Waals surface area contributed by atoms with Crippen LogP contribution in [-0.4, -0.2) is 21.4 Å². The molecule has 0 unspecified atom stereocenters. The monoisotopic (exact) mass is 436 g/mol. The molecule has 0 aliphatic heterocycles. The number of halogens is 1. The highest BCUT2D eigenvalue weighted by molar-refractivity contribution is 7.20. The Balaban J connectivity index is 1.56. The van der Waals surface area contributed by atoms with Gasteiger partial charge in [0, 0.05) is 24.0 Å². The molecule has 2 N–H and O–H groups in total. The molecule has 4 aromatic rings. The molecule has 31 heavy (non-hydrogen) atoms. The molecule has 0 spiro atoms.